The maximum Gasteiger partial charge on any atom is 0.263 e. The van der Waals surface area contributed by atoms with E-state index in [4.69, 9.17) is 4.74 Å². The molecule has 1 saturated heterocycles. The molecule has 8 heteroatoms. The van der Waals surface area contributed by atoms with Crippen molar-refractivity contribution in [2.24, 2.45) is 0 Å². The molecule has 0 bridgehead atoms. The van der Waals surface area contributed by atoms with Crippen molar-refractivity contribution in [1.29, 1.82) is 0 Å². The molecule has 2 aromatic carbocycles. The largest absolute Gasteiger partial charge is 0.484 e. The minimum Gasteiger partial charge on any atom is -0.484 e. The molecule has 0 saturated carbocycles. The lowest BCUT2D eigenvalue weighted by molar-refractivity contribution is -0.118. The van der Waals surface area contributed by atoms with Crippen LogP contribution in [0.5, 0.6) is 5.75 Å². The van der Waals surface area contributed by atoms with Crippen molar-refractivity contribution >= 4 is 32.3 Å². The van der Waals surface area contributed by atoms with E-state index < -0.39 is 9.84 Å². The molecule has 146 valence electrons. The predicted octanol–water partition coefficient (Wildman–Crippen LogP) is 2.72. The van der Waals surface area contributed by atoms with Gasteiger partial charge in [-0.25, -0.2) is 13.1 Å². The van der Waals surface area contributed by atoms with Gasteiger partial charge in [-0.2, -0.15) is 5.10 Å². The highest BCUT2D eigenvalue weighted by molar-refractivity contribution is 7.91. The number of nitrogens with zero attached hydrogens (tertiary/aromatic N) is 2. The molecule has 7 nitrogen and oxygen atoms in total. The fourth-order valence-corrected chi connectivity index (χ4v) is 5.13. The van der Waals surface area contributed by atoms with Gasteiger partial charge >= 0.3 is 0 Å². The number of aromatic nitrogens is 2. The summed E-state index contributed by atoms with van der Waals surface area (Å²) in [6.45, 7) is 1.66. The number of benzene rings is 2. The molecule has 1 amide bonds. The van der Waals surface area contributed by atoms with E-state index >= 15 is 0 Å². The zero-order chi connectivity index (χ0) is 19.7. The highest BCUT2D eigenvalue weighted by Gasteiger charge is 2.31. The minimum absolute atomic E-state index is 0.0462. The summed E-state index contributed by atoms with van der Waals surface area (Å²) in [6, 6.07) is 15.1. The summed E-state index contributed by atoms with van der Waals surface area (Å²) in [4.78, 5) is 12.4. The summed E-state index contributed by atoms with van der Waals surface area (Å²) >= 11 is 0. The molecule has 1 atom stereocenters. The summed E-state index contributed by atoms with van der Waals surface area (Å²) in [7, 11) is -3.04. The second-order valence-corrected chi connectivity index (χ2v) is 9.25. The number of hydrogen-bond acceptors (Lipinski definition) is 5. The van der Waals surface area contributed by atoms with Crippen molar-refractivity contribution < 1.29 is 17.9 Å². The first-order valence-electron chi connectivity index (χ1n) is 9.08. The van der Waals surface area contributed by atoms with E-state index in [9.17, 15) is 13.2 Å². The summed E-state index contributed by atoms with van der Waals surface area (Å²) in [5.41, 5.74) is 0.718. The zero-order valence-electron chi connectivity index (χ0n) is 15.5. The number of rotatable bonds is 5. The molecule has 28 heavy (non-hydrogen) atoms. The van der Waals surface area contributed by atoms with Gasteiger partial charge in [0.1, 0.15) is 11.6 Å². The first kappa shape index (κ1) is 18.5. The number of amides is 1. The van der Waals surface area contributed by atoms with E-state index in [1.54, 1.807) is 17.7 Å². The topological polar surface area (TPSA) is 90.3 Å². The first-order valence-corrected chi connectivity index (χ1v) is 10.9. The van der Waals surface area contributed by atoms with Crippen LogP contribution in [0.2, 0.25) is 0 Å². The average Bonchev–Trinajstić information content (AvgIpc) is 3.21. The molecule has 0 spiro atoms. The molecule has 0 aliphatic carbocycles. The van der Waals surface area contributed by atoms with Crippen molar-refractivity contribution in [2.45, 2.75) is 19.4 Å². The number of carbonyl (C=O) groups excluding carboxylic acids is 1. The van der Waals surface area contributed by atoms with Crippen LogP contribution in [0, 0.1) is 6.92 Å². The van der Waals surface area contributed by atoms with Crippen molar-refractivity contribution in [1.82, 2.24) is 9.78 Å². The number of ether oxygens (including phenoxy) is 1. The Balaban J connectivity index is 1.42. The Labute approximate surface area is 163 Å². The number of fused-ring (bicyclic) bond motifs is 1. The summed E-state index contributed by atoms with van der Waals surface area (Å²) in [6.07, 6.45) is 0.500. The summed E-state index contributed by atoms with van der Waals surface area (Å²) in [5.74, 6) is 0.974. The molecule has 1 N–H and O–H groups in total. The van der Waals surface area contributed by atoms with Gasteiger partial charge in [0.2, 0.25) is 0 Å². The highest BCUT2D eigenvalue weighted by atomic mass is 32.2. The number of sulfone groups is 1. The normalized spacial score (nSPS) is 18.2. The molecule has 1 aliphatic rings. The first-order chi connectivity index (χ1) is 13.4. The van der Waals surface area contributed by atoms with Crippen LogP contribution in [0.3, 0.4) is 0 Å². The molecule has 1 aliphatic heterocycles. The lowest BCUT2D eigenvalue weighted by atomic mass is 10.1. The quantitative estimate of drug-likeness (QED) is 0.712. The number of anilines is 1. The number of aryl methyl sites for hydroxylation is 1. The fraction of sp³-hybridized carbons (Fsp3) is 0.300. The van der Waals surface area contributed by atoms with Crippen LogP contribution in [0.4, 0.5) is 5.82 Å². The Morgan fingerprint density at radius 3 is 2.75 bits per heavy atom. The van der Waals surface area contributed by atoms with Gasteiger partial charge in [0.05, 0.1) is 23.2 Å². The third-order valence-corrected chi connectivity index (χ3v) is 6.52. The van der Waals surface area contributed by atoms with Crippen LogP contribution in [-0.4, -0.2) is 42.2 Å². The Bertz CT molecular complexity index is 1140. The van der Waals surface area contributed by atoms with Gasteiger partial charge in [0.25, 0.3) is 5.91 Å². The maximum absolute atomic E-state index is 12.4. The van der Waals surface area contributed by atoms with Crippen molar-refractivity contribution in [2.75, 3.05) is 23.4 Å². The van der Waals surface area contributed by atoms with Crippen LogP contribution in [0.15, 0.2) is 48.5 Å². The summed E-state index contributed by atoms with van der Waals surface area (Å²) < 4.78 is 30.7. The maximum atomic E-state index is 12.4. The van der Waals surface area contributed by atoms with E-state index in [2.05, 4.69) is 10.4 Å². The molecule has 0 radical (unpaired) electrons. The van der Waals surface area contributed by atoms with Gasteiger partial charge in [-0.05, 0) is 36.2 Å². The molecular formula is C20H21N3O4S. The van der Waals surface area contributed by atoms with Gasteiger partial charge in [-0.3, -0.25) is 4.79 Å². The standard InChI is InChI=1S/C20H21N3O4S/c1-14-10-19(23(22-14)17-8-9-28(25,26)13-17)21-20(24)12-27-18-7-6-15-4-2-3-5-16(15)11-18/h2-7,10-11,17H,8-9,12-13H2,1H3,(H,21,24)/t17-/m1/s1. The van der Waals surface area contributed by atoms with Crippen LogP contribution >= 0.6 is 0 Å². The highest BCUT2D eigenvalue weighted by Crippen LogP contribution is 2.27. The second-order valence-electron chi connectivity index (χ2n) is 7.02. The molecule has 2 heterocycles. The van der Waals surface area contributed by atoms with Crippen molar-refractivity contribution in [3.63, 3.8) is 0 Å². The molecular weight excluding hydrogens is 378 g/mol. The third-order valence-electron chi connectivity index (χ3n) is 4.77. The lowest BCUT2D eigenvalue weighted by Crippen LogP contribution is -2.23. The van der Waals surface area contributed by atoms with E-state index in [1.807, 2.05) is 42.5 Å². The van der Waals surface area contributed by atoms with Gasteiger partial charge in [0, 0.05) is 6.07 Å². The van der Waals surface area contributed by atoms with Gasteiger partial charge in [-0.15, -0.1) is 0 Å². The molecule has 1 aromatic heterocycles. The number of nitrogens with one attached hydrogen (secondary N) is 1. The Morgan fingerprint density at radius 1 is 1.21 bits per heavy atom. The Kier molecular flexibility index (Phi) is 4.80. The molecule has 4 rings (SSSR count). The van der Waals surface area contributed by atoms with E-state index in [0.717, 1.165) is 16.5 Å². The zero-order valence-corrected chi connectivity index (χ0v) is 16.3. The lowest BCUT2D eigenvalue weighted by Gasteiger charge is -2.14. The number of hydrogen-bond donors (Lipinski definition) is 1. The Morgan fingerprint density at radius 2 is 2.00 bits per heavy atom. The van der Waals surface area contributed by atoms with Gasteiger partial charge in [-0.1, -0.05) is 30.3 Å². The van der Waals surface area contributed by atoms with Crippen molar-refractivity contribution in [3.8, 4) is 5.75 Å². The fourth-order valence-electron chi connectivity index (χ4n) is 3.44. The van der Waals surface area contributed by atoms with Crippen LogP contribution in [-0.2, 0) is 14.6 Å². The average molecular weight is 399 g/mol. The van der Waals surface area contributed by atoms with Crippen LogP contribution < -0.4 is 10.1 Å². The SMILES string of the molecule is Cc1cc(NC(=O)COc2ccc3ccccc3c2)n([C@@H]2CCS(=O)(=O)C2)n1. The van der Waals surface area contributed by atoms with E-state index in [-0.39, 0.29) is 30.1 Å². The van der Waals surface area contributed by atoms with Crippen LogP contribution in [0.1, 0.15) is 18.2 Å². The smallest absolute Gasteiger partial charge is 0.263 e. The number of carbonyl (C=O) groups is 1. The molecule has 3 aromatic rings. The summed E-state index contributed by atoms with van der Waals surface area (Å²) in [5, 5.41) is 9.29. The monoisotopic (exact) mass is 399 g/mol. The molecule has 0 unspecified atom stereocenters. The molecule has 1 fully saturated rings. The second kappa shape index (κ2) is 7.27. The Hall–Kier alpha value is -2.87. The minimum atomic E-state index is -3.04. The van der Waals surface area contributed by atoms with Gasteiger partial charge in [0.15, 0.2) is 16.4 Å². The third kappa shape index (κ3) is 4.01. The van der Waals surface area contributed by atoms with Crippen LogP contribution in [0.25, 0.3) is 10.8 Å². The van der Waals surface area contributed by atoms with Crippen molar-refractivity contribution in [3.05, 3.63) is 54.2 Å². The predicted molar refractivity (Wildman–Crippen MR) is 107 cm³/mol. The van der Waals surface area contributed by atoms with E-state index in [1.165, 1.54) is 0 Å². The van der Waals surface area contributed by atoms with E-state index in [0.29, 0.717) is 18.0 Å². The van der Waals surface area contributed by atoms with Gasteiger partial charge < -0.3 is 10.1 Å².